The van der Waals surface area contributed by atoms with Crippen molar-refractivity contribution in [2.75, 3.05) is 30.9 Å². The molecule has 0 radical (unpaired) electrons. The van der Waals surface area contributed by atoms with Gasteiger partial charge in [-0.05, 0) is 18.2 Å². The molecule has 5 heteroatoms. The number of rotatable bonds is 4. The maximum Gasteiger partial charge on any atom is 0.228 e. The average molecular weight is 256 g/mol. The van der Waals surface area contributed by atoms with Gasteiger partial charge in [0.05, 0.1) is 11.4 Å². The maximum atomic E-state index is 11.8. The number of hydrogen-bond acceptors (Lipinski definition) is 3. The highest BCUT2D eigenvalue weighted by atomic mass is 35.5. The van der Waals surface area contributed by atoms with Crippen molar-refractivity contribution in [3.8, 4) is 0 Å². The Morgan fingerprint density at radius 2 is 2.18 bits per heavy atom. The van der Waals surface area contributed by atoms with Crippen LogP contribution in [-0.4, -0.2) is 26.5 Å². The molecule has 1 aromatic carbocycles. The molecular formula is C12H18ClN3O. The molecule has 94 valence electrons. The van der Waals surface area contributed by atoms with Crippen LogP contribution < -0.4 is 16.0 Å². The minimum atomic E-state index is -0.219. The van der Waals surface area contributed by atoms with Gasteiger partial charge in [-0.15, -0.1) is 0 Å². The number of carbonyl (C=O) groups is 1. The van der Waals surface area contributed by atoms with E-state index in [0.717, 1.165) is 5.69 Å². The molecule has 4 nitrogen and oxygen atoms in total. The van der Waals surface area contributed by atoms with E-state index in [9.17, 15) is 4.79 Å². The van der Waals surface area contributed by atoms with Gasteiger partial charge in [0.25, 0.3) is 0 Å². The summed E-state index contributed by atoms with van der Waals surface area (Å²) in [6.45, 7) is 2.11. The number of nitrogens with zero attached hydrogens (tertiary/aromatic N) is 1. The first-order valence-electron chi connectivity index (χ1n) is 5.43. The average Bonchev–Trinajstić information content (AvgIpc) is 2.27. The Labute approximate surface area is 107 Å². The van der Waals surface area contributed by atoms with E-state index in [2.05, 4.69) is 5.32 Å². The first-order valence-corrected chi connectivity index (χ1v) is 5.81. The molecule has 0 saturated heterocycles. The number of halogens is 1. The van der Waals surface area contributed by atoms with Crippen molar-refractivity contribution in [2.45, 2.75) is 6.92 Å². The van der Waals surface area contributed by atoms with Crippen molar-refractivity contribution in [1.82, 2.24) is 0 Å². The minimum absolute atomic E-state index is 0.0992. The van der Waals surface area contributed by atoms with Crippen molar-refractivity contribution in [2.24, 2.45) is 11.7 Å². The molecule has 0 aromatic heterocycles. The number of nitrogens with one attached hydrogen (secondary N) is 1. The first kappa shape index (κ1) is 13.8. The Morgan fingerprint density at radius 1 is 1.53 bits per heavy atom. The lowest BCUT2D eigenvalue weighted by atomic mass is 10.1. The molecular weight excluding hydrogens is 238 g/mol. The lowest BCUT2D eigenvalue weighted by Crippen LogP contribution is -2.27. The highest BCUT2D eigenvalue weighted by Gasteiger charge is 2.14. The van der Waals surface area contributed by atoms with E-state index in [1.54, 1.807) is 19.1 Å². The third kappa shape index (κ3) is 3.61. The van der Waals surface area contributed by atoms with Gasteiger partial charge in [-0.25, -0.2) is 0 Å². The smallest absolute Gasteiger partial charge is 0.228 e. The number of anilines is 2. The molecule has 1 atom stereocenters. The highest BCUT2D eigenvalue weighted by Crippen LogP contribution is 2.28. The molecule has 0 bridgehead atoms. The fraction of sp³-hybridized carbons (Fsp3) is 0.417. The quantitative estimate of drug-likeness (QED) is 0.865. The Hall–Kier alpha value is -1.26. The second-order valence-electron chi connectivity index (χ2n) is 4.18. The van der Waals surface area contributed by atoms with Gasteiger partial charge in [-0.2, -0.15) is 0 Å². The number of benzene rings is 1. The standard InChI is InChI=1S/C12H18ClN3O/c1-8(7-14)12(17)15-10-6-9(13)4-5-11(10)16(2)3/h4-6,8H,7,14H2,1-3H3,(H,15,17). The molecule has 3 N–H and O–H groups in total. The number of nitrogens with two attached hydrogens (primary N) is 1. The molecule has 0 saturated carbocycles. The van der Waals surface area contributed by atoms with E-state index < -0.39 is 0 Å². The van der Waals surface area contributed by atoms with Gasteiger partial charge in [0.2, 0.25) is 5.91 Å². The van der Waals surface area contributed by atoms with Crippen molar-refractivity contribution in [3.63, 3.8) is 0 Å². The van der Waals surface area contributed by atoms with Gasteiger partial charge >= 0.3 is 0 Å². The van der Waals surface area contributed by atoms with Gasteiger partial charge in [-0.3, -0.25) is 4.79 Å². The summed E-state index contributed by atoms with van der Waals surface area (Å²) in [5.41, 5.74) is 7.07. The largest absolute Gasteiger partial charge is 0.376 e. The van der Waals surface area contributed by atoms with Gasteiger partial charge in [0.15, 0.2) is 0 Å². The van der Waals surface area contributed by atoms with Gasteiger partial charge < -0.3 is 16.0 Å². The summed E-state index contributed by atoms with van der Waals surface area (Å²) >= 11 is 5.92. The van der Waals surface area contributed by atoms with E-state index in [-0.39, 0.29) is 11.8 Å². The van der Waals surface area contributed by atoms with Crippen LogP contribution in [0.2, 0.25) is 5.02 Å². The molecule has 1 amide bonds. The Bertz CT molecular complexity index is 407. The van der Waals surface area contributed by atoms with E-state index in [4.69, 9.17) is 17.3 Å². The molecule has 1 aromatic rings. The summed E-state index contributed by atoms with van der Waals surface area (Å²) in [5, 5.41) is 3.43. The molecule has 0 aliphatic rings. The van der Waals surface area contributed by atoms with Crippen molar-refractivity contribution in [1.29, 1.82) is 0 Å². The van der Waals surface area contributed by atoms with Crippen LogP contribution in [-0.2, 0) is 4.79 Å². The predicted molar refractivity (Wildman–Crippen MR) is 72.6 cm³/mol. The maximum absolute atomic E-state index is 11.8. The molecule has 0 heterocycles. The van der Waals surface area contributed by atoms with Crippen LogP contribution in [0.1, 0.15) is 6.92 Å². The molecule has 1 unspecified atom stereocenters. The number of amides is 1. The molecule has 1 rings (SSSR count). The Balaban J connectivity index is 2.96. The number of carbonyl (C=O) groups excluding carboxylic acids is 1. The lowest BCUT2D eigenvalue weighted by molar-refractivity contribution is -0.119. The molecule has 0 fully saturated rings. The highest BCUT2D eigenvalue weighted by molar-refractivity contribution is 6.31. The van der Waals surface area contributed by atoms with E-state index in [0.29, 0.717) is 17.3 Å². The zero-order valence-electron chi connectivity index (χ0n) is 10.3. The topological polar surface area (TPSA) is 58.4 Å². The van der Waals surface area contributed by atoms with Crippen molar-refractivity contribution in [3.05, 3.63) is 23.2 Å². The summed E-state index contributed by atoms with van der Waals surface area (Å²) in [5.74, 6) is -0.318. The number of hydrogen-bond donors (Lipinski definition) is 2. The van der Waals surface area contributed by atoms with Crippen LogP contribution >= 0.6 is 11.6 Å². The van der Waals surface area contributed by atoms with E-state index in [1.807, 2.05) is 25.1 Å². The third-order valence-electron chi connectivity index (χ3n) is 2.50. The fourth-order valence-corrected chi connectivity index (χ4v) is 1.53. The van der Waals surface area contributed by atoms with Crippen LogP contribution in [0, 0.1) is 5.92 Å². The van der Waals surface area contributed by atoms with Gasteiger partial charge in [0.1, 0.15) is 0 Å². The van der Waals surface area contributed by atoms with E-state index >= 15 is 0 Å². The normalized spacial score (nSPS) is 12.1. The minimum Gasteiger partial charge on any atom is -0.376 e. The zero-order valence-corrected chi connectivity index (χ0v) is 11.1. The van der Waals surface area contributed by atoms with E-state index in [1.165, 1.54) is 0 Å². The Kier molecular flexibility index (Phi) is 4.78. The summed E-state index contributed by atoms with van der Waals surface area (Å²) in [4.78, 5) is 13.7. The van der Waals surface area contributed by atoms with Gasteiger partial charge in [-0.1, -0.05) is 18.5 Å². The third-order valence-corrected chi connectivity index (χ3v) is 2.73. The summed E-state index contributed by atoms with van der Waals surface area (Å²) in [6.07, 6.45) is 0. The second kappa shape index (κ2) is 5.89. The van der Waals surface area contributed by atoms with Crippen LogP contribution in [0.5, 0.6) is 0 Å². The molecule has 17 heavy (non-hydrogen) atoms. The first-order chi connectivity index (χ1) is 7.95. The van der Waals surface area contributed by atoms with Gasteiger partial charge in [0, 0.05) is 31.6 Å². The van der Waals surface area contributed by atoms with Crippen molar-refractivity contribution >= 4 is 28.9 Å². The zero-order chi connectivity index (χ0) is 13.0. The van der Waals surface area contributed by atoms with Crippen LogP contribution in [0.3, 0.4) is 0 Å². The SMILES string of the molecule is CC(CN)C(=O)Nc1cc(Cl)ccc1N(C)C. The summed E-state index contributed by atoms with van der Waals surface area (Å²) in [6, 6.07) is 5.39. The molecule has 0 spiro atoms. The van der Waals surface area contributed by atoms with Crippen LogP contribution in [0.25, 0.3) is 0 Å². The second-order valence-corrected chi connectivity index (χ2v) is 4.62. The molecule has 0 aliphatic carbocycles. The Morgan fingerprint density at radius 3 is 2.71 bits per heavy atom. The summed E-state index contributed by atoms with van der Waals surface area (Å²) < 4.78 is 0. The fourth-order valence-electron chi connectivity index (χ4n) is 1.36. The monoisotopic (exact) mass is 255 g/mol. The predicted octanol–water partition coefficient (Wildman–Crippen LogP) is 1.94. The summed E-state index contributed by atoms with van der Waals surface area (Å²) in [7, 11) is 3.82. The van der Waals surface area contributed by atoms with Crippen LogP contribution in [0.4, 0.5) is 11.4 Å². The molecule has 0 aliphatic heterocycles. The lowest BCUT2D eigenvalue weighted by Gasteiger charge is -2.19. The van der Waals surface area contributed by atoms with Crippen LogP contribution in [0.15, 0.2) is 18.2 Å². The van der Waals surface area contributed by atoms with Crippen molar-refractivity contribution < 1.29 is 4.79 Å².